The number of thiocarbonyl (C=S) groups is 2. The lowest BCUT2D eigenvalue weighted by Gasteiger charge is -2.38. The fourth-order valence-electron chi connectivity index (χ4n) is 12.3. The van der Waals surface area contributed by atoms with Crippen LogP contribution < -0.4 is 42.5 Å². The van der Waals surface area contributed by atoms with E-state index in [1.807, 2.05) is 96.0 Å². The first-order valence-electron chi connectivity index (χ1n) is 26.4. The molecule has 4 saturated heterocycles. The van der Waals surface area contributed by atoms with Crippen LogP contribution in [0.2, 0.25) is 0 Å². The number of likely N-dealkylation sites (N-methyl/N-ethyl adjacent to an activating group) is 2. The van der Waals surface area contributed by atoms with Crippen LogP contribution in [0.3, 0.4) is 0 Å². The Bertz CT molecular complexity index is 2410. The zero-order valence-corrected chi connectivity index (χ0v) is 47.1. The maximum absolute atomic E-state index is 14.8. The van der Waals surface area contributed by atoms with E-state index in [9.17, 15) is 24.0 Å². The van der Waals surface area contributed by atoms with Crippen molar-refractivity contribution in [3.63, 3.8) is 0 Å². The monoisotopic (exact) mass is 1070 g/mol. The molecule has 4 aliphatic heterocycles. The Kier molecular flexibility index (Phi) is 17.9. The lowest BCUT2D eigenvalue weighted by atomic mass is 9.78. The summed E-state index contributed by atoms with van der Waals surface area (Å²) in [5.74, 6) is -0.269. The second kappa shape index (κ2) is 23.6. The Balaban J connectivity index is 0.926. The van der Waals surface area contributed by atoms with Gasteiger partial charge < -0.3 is 47.4 Å². The molecule has 4 fully saturated rings. The zero-order valence-electron chi connectivity index (χ0n) is 43.8. The maximum Gasteiger partial charge on any atom is 0.246 e. The van der Waals surface area contributed by atoms with Crippen LogP contribution in [0.4, 0.5) is 0 Å². The van der Waals surface area contributed by atoms with Crippen LogP contribution in [0.25, 0.3) is 0 Å². The molecule has 0 spiro atoms. The summed E-state index contributed by atoms with van der Waals surface area (Å²) in [6.45, 7) is 13.5. The Morgan fingerprint density at radius 1 is 0.644 bits per heavy atom. The minimum atomic E-state index is -0.759. The fourth-order valence-corrected chi connectivity index (χ4v) is 16.0. The van der Waals surface area contributed by atoms with Gasteiger partial charge in [-0.25, -0.2) is 0 Å². The predicted molar refractivity (Wildman–Crippen MR) is 300 cm³/mol. The molecule has 19 heteroatoms. The number of rotatable bonds is 15. The van der Waals surface area contributed by atoms with Gasteiger partial charge in [-0.3, -0.25) is 28.9 Å². The standard InChI is InChI=1S/C54H78N10O5S4/c1-30(55-7)50(70)59-34-21-25-72-40-27-53(3,4)44(63(40)29-34)48(67)61-42-35-15-11-9-13-32(35)17-19-37(42)46(65)57-23-24-58-47(66)38-20-18-33-14-10-12-16-36(33)43(38)62-49(68)45-54(5,6)28-41-64(45)52(69)39(22-26-73-41)60-51(71)31(2)56-8/h9-16,30-31,34,37-45,55-56H,17-29H2,1-8H3,(H,57,65)(H,58,66)(H,59,70)(H,60,71)(H,61,67)(H,62,68)/t30-,31-,34-,37+,38+,39-,40-,41-,42+,43-,44+,45+/m0/s1. The highest BCUT2D eigenvalue weighted by Gasteiger charge is 2.56. The van der Waals surface area contributed by atoms with Gasteiger partial charge in [0.15, 0.2) is 0 Å². The Hall–Kier alpha value is -3.85. The molecular formula is C54H78N10O5S4. The highest BCUT2D eigenvalue weighted by Crippen LogP contribution is 2.48. The molecule has 0 radical (unpaired) electrons. The number of carbonyl (C=O) groups is 5. The van der Waals surface area contributed by atoms with Crippen LogP contribution in [0, 0.1) is 22.7 Å². The van der Waals surface area contributed by atoms with Crippen molar-refractivity contribution in [3.05, 3.63) is 70.8 Å². The first-order valence-corrected chi connectivity index (χ1v) is 29.3. The van der Waals surface area contributed by atoms with Gasteiger partial charge in [0, 0.05) is 25.7 Å². The number of hydrogen-bond acceptors (Lipinski definition) is 12. The number of fused-ring (bicyclic) bond motifs is 4. The van der Waals surface area contributed by atoms with Gasteiger partial charge >= 0.3 is 0 Å². The van der Waals surface area contributed by atoms with Crippen LogP contribution in [-0.4, -0.2) is 142 Å². The van der Waals surface area contributed by atoms with Crippen molar-refractivity contribution in [2.24, 2.45) is 22.7 Å². The minimum absolute atomic E-state index is 0.0379. The topological polar surface area (TPSA) is 188 Å². The molecule has 8 N–H and O–H groups in total. The van der Waals surface area contributed by atoms with Crippen molar-refractivity contribution >= 4 is 87.5 Å². The summed E-state index contributed by atoms with van der Waals surface area (Å²) in [4.78, 5) is 78.2. The molecule has 6 aliphatic rings. The van der Waals surface area contributed by atoms with Crippen molar-refractivity contribution in [2.75, 3.05) is 45.2 Å². The van der Waals surface area contributed by atoms with Crippen LogP contribution in [0.15, 0.2) is 48.5 Å². The third-order valence-corrected chi connectivity index (χ3v) is 20.0. The number of nitrogens with zero attached hydrogens (tertiary/aromatic N) is 2. The van der Waals surface area contributed by atoms with Gasteiger partial charge in [0.05, 0.1) is 62.8 Å². The maximum atomic E-state index is 14.8. The molecule has 398 valence electrons. The van der Waals surface area contributed by atoms with Gasteiger partial charge in [-0.2, -0.15) is 0 Å². The van der Waals surface area contributed by atoms with E-state index in [4.69, 9.17) is 24.4 Å². The number of benzene rings is 2. The van der Waals surface area contributed by atoms with Gasteiger partial charge in [-0.15, -0.1) is 23.5 Å². The highest BCUT2D eigenvalue weighted by molar-refractivity contribution is 8.00. The zero-order chi connectivity index (χ0) is 52.4. The molecule has 0 unspecified atom stereocenters. The lowest BCUT2D eigenvalue weighted by Crippen LogP contribution is -2.58. The van der Waals surface area contributed by atoms with Gasteiger partial charge in [0.25, 0.3) is 0 Å². The molecule has 73 heavy (non-hydrogen) atoms. The highest BCUT2D eigenvalue weighted by atomic mass is 32.2. The molecule has 2 aromatic rings. The molecule has 15 nitrogen and oxygen atoms in total. The summed E-state index contributed by atoms with van der Waals surface area (Å²) in [6, 6.07) is 13.2. The molecule has 0 aromatic heterocycles. The number of hydrogen-bond donors (Lipinski definition) is 8. The number of thioether (sulfide) groups is 2. The van der Waals surface area contributed by atoms with E-state index < -0.39 is 47.5 Å². The quantitative estimate of drug-likeness (QED) is 0.0921. The molecule has 0 bridgehead atoms. The van der Waals surface area contributed by atoms with E-state index in [0.29, 0.717) is 50.1 Å². The summed E-state index contributed by atoms with van der Waals surface area (Å²) in [6.07, 6.45) is 5.52. The Morgan fingerprint density at radius 3 is 1.68 bits per heavy atom. The molecule has 2 aromatic carbocycles. The average molecular weight is 1080 g/mol. The number of carbonyl (C=O) groups excluding carboxylic acids is 5. The van der Waals surface area contributed by atoms with Gasteiger partial charge in [0.1, 0.15) is 12.1 Å². The molecule has 0 saturated carbocycles. The van der Waals surface area contributed by atoms with Crippen molar-refractivity contribution in [3.8, 4) is 0 Å². The van der Waals surface area contributed by atoms with Crippen molar-refractivity contribution in [1.82, 2.24) is 52.3 Å². The molecular weight excluding hydrogens is 997 g/mol. The SMILES string of the molecule is CN[C@@H](C)C(=S)N[C@H]1CCS[C@H]2CC(C)(C)[C@@H](C(=O)N[C@@H]3c4ccccc4CC[C@H]3C(=O)NCCNC(=O)[C@@H]3CCc4ccccc4[C@@H]3NC(=O)[C@H]3N4C(=O)[C@@H](NC(=S)[C@H](C)NC)CCS[C@H]4CC3(C)C)N2C1. The van der Waals surface area contributed by atoms with E-state index in [-0.39, 0.29) is 76.9 Å². The third-order valence-electron chi connectivity index (χ3n) is 16.5. The second-order valence-electron chi connectivity index (χ2n) is 22.4. The fraction of sp³-hybridized carbons (Fsp3) is 0.648. The lowest BCUT2D eigenvalue weighted by molar-refractivity contribution is -0.143. The average Bonchev–Trinajstić information content (AvgIpc) is 3.63. The van der Waals surface area contributed by atoms with Crippen LogP contribution in [-0.2, 0) is 36.8 Å². The van der Waals surface area contributed by atoms with Crippen LogP contribution in [0.1, 0.15) is 114 Å². The molecule has 8 rings (SSSR count). The number of aryl methyl sites for hydroxylation is 2. The Morgan fingerprint density at radius 2 is 1.12 bits per heavy atom. The van der Waals surface area contributed by atoms with E-state index in [1.54, 1.807) is 16.7 Å². The van der Waals surface area contributed by atoms with E-state index >= 15 is 0 Å². The van der Waals surface area contributed by atoms with Crippen LogP contribution in [0.5, 0.6) is 0 Å². The summed E-state index contributed by atoms with van der Waals surface area (Å²) >= 11 is 15.0. The minimum Gasteiger partial charge on any atom is -0.374 e. The smallest absolute Gasteiger partial charge is 0.246 e. The van der Waals surface area contributed by atoms with E-state index in [2.05, 4.69) is 67.3 Å². The first kappa shape index (κ1) is 55.4. The van der Waals surface area contributed by atoms with Crippen molar-refractivity contribution in [1.29, 1.82) is 0 Å². The molecule has 12 atom stereocenters. The van der Waals surface area contributed by atoms with Crippen molar-refractivity contribution < 1.29 is 24.0 Å². The third kappa shape index (κ3) is 12.1. The van der Waals surface area contributed by atoms with E-state index in [1.165, 1.54) is 0 Å². The van der Waals surface area contributed by atoms with Gasteiger partial charge in [-0.1, -0.05) is 101 Å². The molecule has 2 aliphatic carbocycles. The molecule has 4 heterocycles. The summed E-state index contributed by atoms with van der Waals surface area (Å²) < 4.78 is 0. The number of amides is 5. The number of nitrogens with one attached hydrogen (secondary N) is 8. The Labute approximate surface area is 451 Å². The van der Waals surface area contributed by atoms with Gasteiger partial charge in [-0.05, 0) is 124 Å². The summed E-state index contributed by atoms with van der Waals surface area (Å²) in [7, 11) is 3.72. The van der Waals surface area contributed by atoms with E-state index in [0.717, 1.165) is 51.6 Å². The van der Waals surface area contributed by atoms with Gasteiger partial charge in [0.2, 0.25) is 29.5 Å². The first-order chi connectivity index (χ1) is 34.8. The van der Waals surface area contributed by atoms with Crippen molar-refractivity contribution in [2.45, 2.75) is 152 Å². The second-order valence-corrected chi connectivity index (χ2v) is 25.8. The normalized spacial score (nSPS) is 30.1. The predicted octanol–water partition coefficient (Wildman–Crippen LogP) is 4.50. The molecule has 5 amide bonds. The summed E-state index contributed by atoms with van der Waals surface area (Å²) in [5.41, 5.74) is 3.20. The van der Waals surface area contributed by atoms with Crippen LogP contribution >= 0.6 is 48.0 Å². The largest absolute Gasteiger partial charge is 0.374 e. The summed E-state index contributed by atoms with van der Waals surface area (Å²) in [5, 5.41) is 26.3.